The summed E-state index contributed by atoms with van der Waals surface area (Å²) < 4.78 is 5.27. The Morgan fingerprint density at radius 2 is 1.73 bits per heavy atom. The average molecular weight is 162 g/mol. The molecule has 0 saturated heterocycles. The molecule has 0 atom stereocenters. The third-order valence-electron chi connectivity index (χ3n) is 1.53. The lowest BCUT2D eigenvalue weighted by atomic mass is 9.94. The summed E-state index contributed by atoms with van der Waals surface area (Å²) >= 11 is 0. The molecule has 0 aliphatic carbocycles. The molecule has 11 heavy (non-hydrogen) atoms. The molecule has 0 unspecified atom stereocenters. The van der Waals surface area contributed by atoms with Crippen LogP contribution in [-0.2, 0) is 4.74 Å². The maximum Gasteiger partial charge on any atom is 0.0567 e. The topological polar surface area (TPSA) is 49.7 Å². The van der Waals surface area contributed by atoms with E-state index < -0.39 is 5.41 Å². The van der Waals surface area contributed by atoms with E-state index in [0.29, 0.717) is 6.61 Å². The lowest BCUT2D eigenvalue weighted by Crippen LogP contribution is -2.32. The number of aliphatic hydroxyl groups excluding tert-OH is 2. The Balaban J connectivity index is 3.69. The third-order valence-corrected chi connectivity index (χ3v) is 1.53. The van der Waals surface area contributed by atoms with E-state index in [1.807, 2.05) is 13.8 Å². The van der Waals surface area contributed by atoms with Crippen molar-refractivity contribution in [2.75, 3.05) is 19.8 Å². The van der Waals surface area contributed by atoms with Gasteiger partial charge < -0.3 is 14.9 Å². The maximum absolute atomic E-state index is 8.86. The molecule has 3 nitrogen and oxygen atoms in total. The van der Waals surface area contributed by atoms with Crippen LogP contribution in [0.15, 0.2) is 0 Å². The van der Waals surface area contributed by atoms with Crippen molar-refractivity contribution in [3.05, 3.63) is 0 Å². The molecule has 0 radical (unpaired) electrons. The largest absolute Gasteiger partial charge is 0.396 e. The number of rotatable bonds is 5. The van der Waals surface area contributed by atoms with Gasteiger partial charge in [-0.1, -0.05) is 6.92 Å². The summed E-state index contributed by atoms with van der Waals surface area (Å²) in [5.41, 5.74) is -0.496. The predicted octanol–water partition coefficient (Wildman–Crippen LogP) is 0.402. The number of hydrogen-bond donors (Lipinski definition) is 2. The number of aliphatic hydroxyl groups is 2. The van der Waals surface area contributed by atoms with E-state index in [2.05, 4.69) is 0 Å². The molecular formula is C8H18O3. The van der Waals surface area contributed by atoms with Gasteiger partial charge in [0.1, 0.15) is 0 Å². The molecule has 0 spiro atoms. The third kappa shape index (κ3) is 4.35. The van der Waals surface area contributed by atoms with E-state index in [1.54, 1.807) is 6.92 Å². The molecule has 0 amide bonds. The van der Waals surface area contributed by atoms with Crippen LogP contribution in [0.2, 0.25) is 0 Å². The Hall–Kier alpha value is -0.120. The van der Waals surface area contributed by atoms with Crippen molar-refractivity contribution in [3.63, 3.8) is 0 Å². The van der Waals surface area contributed by atoms with E-state index in [1.165, 1.54) is 0 Å². The summed E-state index contributed by atoms with van der Waals surface area (Å²) in [6.45, 7) is 5.95. The van der Waals surface area contributed by atoms with Crippen molar-refractivity contribution in [2.24, 2.45) is 5.41 Å². The lowest BCUT2D eigenvalue weighted by Gasteiger charge is -2.25. The van der Waals surface area contributed by atoms with Gasteiger partial charge in [0.2, 0.25) is 0 Å². The zero-order valence-corrected chi connectivity index (χ0v) is 7.50. The van der Waals surface area contributed by atoms with Crippen LogP contribution < -0.4 is 0 Å². The molecule has 68 valence electrons. The fourth-order valence-corrected chi connectivity index (χ4v) is 0.509. The van der Waals surface area contributed by atoms with Gasteiger partial charge in [0.25, 0.3) is 0 Å². The van der Waals surface area contributed by atoms with Crippen LogP contribution in [0, 0.1) is 5.41 Å². The molecule has 0 bridgehead atoms. The summed E-state index contributed by atoms with van der Waals surface area (Å²) in [5.74, 6) is 0. The molecule has 3 heteroatoms. The van der Waals surface area contributed by atoms with Gasteiger partial charge in [-0.15, -0.1) is 0 Å². The normalized spacial score (nSPS) is 12.5. The van der Waals surface area contributed by atoms with Gasteiger partial charge >= 0.3 is 0 Å². The summed E-state index contributed by atoms with van der Waals surface area (Å²) in [6.07, 6.45) is 0.146. The first kappa shape index (κ1) is 10.9. The fraction of sp³-hybridized carbons (Fsp3) is 1.00. The molecule has 0 saturated carbocycles. The van der Waals surface area contributed by atoms with Gasteiger partial charge in [-0.2, -0.15) is 0 Å². The molecule has 0 heterocycles. The minimum absolute atomic E-state index is 0.0454. The highest BCUT2D eigenvalue weighted by atomic mass is 16.5. The van der Waals surface area contributed by atoms with Crippen molar-refractivity contribution in [3.8, 4) is 0 Å². The molecule has 0 aliphatic heterocycles. The van der Waals surface area contributed by atoms with E-state index in [9.17, 15) is 0 Å². The second-order valence-electron chi connectivity index (χ2n) is 3.49. The molecule has 0 aromatic heterocycles. The van der Waals surface area contributed by atoms with Gasteiger partial charge in [-0.25, -0.2) is 0 Å². The van der Waals surface area contributed by atoms with E-state index >= 15 is 0 Å². The minimum atomic E-state index is -0.496. The van der Waals surface area contributed by atoms with Crippen molar-refractivity contribution in [1.29, 1.82) is 0 Å². The van der Waals surface area contributed by atoms with Gasteiger partial charge in [-0.3, -0.25) is 0 Å². The van der Waals surface area contributed by atoms with Gasteiger partial charge in [-0.05, 0) is 13.8 Å². The summed E-state index contributed by atoms with van der Waals surface area (Å²) in [5, 5.41) is 17.7. The van der Waals surface area contributed by atoms with Crippen LogP contribution in [-0.4, -0.2) is 36.1 Å². The lowest BCUT2D eigenvalue weighted by molar-refractivity contribution is -0.0370. The van der Waals surface area contributed by atoms with Gasteiger partial charge in [0, 0.05) is 5.41 Å². The Morgan fingerprint density at radius 3 is 2.00 bits per heavy atom. The van der Waals surface area contributed by atoms with Gasteiger partial charge in [0.15, 0.2) is 0 Å². The van der Waals surface area contributed by atoms with Gasteiger partial charge in [0.05, 0.1) is 25.9 Å². The zero-order valence-electron chi connectivity index (χ0n) is 7.50. The highest BCUT2D eigenvalue weighted by molar-refractivity contribution is 4.71. The van der Waals surface area contributed by atoms with Crippen LogP contribution in [0.4, 0.5) is 0 Å². The predicted molar refractivity (Wildman–Crippen MR) is 43.4 cm³/mol. The Labute approximate surface area is 68.0 Å². The highest BCUT2D eigenvalue weighted by Crippen LogP contribution is 2.14. The Bertz CT molecular complexity index is 97.5. The van der Waals surface area contributed by atoms with Crippen LogP contribution in [0.5, 0.6) is 0 Å². The first-order valence-electron chi connectivity index (χ1n) is 3.87. The summed E-state index contributed by atoms with van der Waals surface area (Å²) in [7, 11) is 0. The van der Waals surface area contributed by atoms with Crippen LogP contribution >= 0.6 is 0 Å². The smallest absolute Gasteiger partial charge is 0.0567 e. The Kier molecular flexibility index (Phi) is 4.65. The summed E-state index contributed by atoms with van der Waals surface area (Å²) in [6, 6.07) is 0. The molecule has 0 fully saturated rings. The van der Waals surface area contributed by atoms with E-state index in [-0.39, 0.29) is 19.3 Å². The quantitative estimate of drug-likeness (QED) is 0.615. The molecule has 0 aromatic rings. The fourth-order valence-electron chi connectivity index (χ4n) is 0.509. The van der Waals surface area contributed by atoms with Crippen molar-refractivity contribution >= 4 is 0 Å². The second kappa shape index (κ2) is 4.70. The Morgan fingerprint density at radius 1 is 1.27 bits per heavy atom. The molecule has 2 N–H and O–H groups in total. The molecule has 0 rings (SSSR count). The van der Waals surface area contributed by atoms with Crippen molar-refractivity contribution in [1.82, 2.24) is 0 Å². The number of hydrogen-bond acceptors (Lipinski definition) is 3. The molecule has 0 aliphatic rings. The SMILES string of the molecule is CC(C)OCC(C)(CO)CO. The second-order valence-corrected chi connectivity index (χ2v) is 3.49. The van der Waals surface area contributed by atoms with Crippen LogP contribution in [0.1, 0.15) is 20.8 Å². The standard InChI is InChI=1S/C8H18O3/c1-7(2)11-6-8(3,4-9)5-10/h7,9-10H,4-6H2,1-3H3. The zero-order chi connectivity index (χ0) is 8.91. The average Bonchev–Trinajstić information content (AvgIpc) is 2.00. The molecule has 0 aromatic carbocycles. The monoisotopic (exact) mass is 162 g/mol. The number of ether oxygens (including phenoxy) is 1. The summed E-state index contributed by atoms with van der Waals surface area (Å²) in [4.78, 5) is 0. The van der Waals surface area contributed by atoms with E-state index in [0.717, 1.165) is 0 Å². The van der Waals surface area contributed by atoms with Crippen LogP contribution in [0.3, 0.4) is 0 Å². The first-order chi connectivity index (χ1) is 5.04. The highest BCUT2D eigenvalue weighted by Gasteiger charge is 2.22. The minimum Gasteiger partial charge on any atom is -0.396 e. The van der Waals surface area contributed by atoms with Crippen molar-refractivity contribution in [2.45, 2.75) is 26.9 Å². The van der Waals surface area contributed by atoms with Crippen LogP contribution in [0.25, 0.3) is 0 Å². The van der Waals surface area contributed by atoms with E-state index in [4.69, 9.17) is 14.9 Å². The maximum atomic E-state index is 8.86. The first-order valence-corrected chi connectivity index (χ1v) is 3.87. The molecular weight excluding hydrogens is 144 g/mol. The van der Waals surface area contributed by atoms with Crippen molar-refractivity contribution < 1.29 is 14.9 Å².